The number of hydrogen-bond donors (Lipinski definition) is 10. The number of anilines is 2. The van der Waals surface area contributed by atoms with Gasteiger partial charge in [-0.2, -0.15) is 4.98 Å². The molecule has 63 heavy (non-hydrogen) atoms. The lowest BCUT2D eigenvalue weighted by Gasteiger charge is -2.25. The number of H-pyrrole nitrogens is 1. The van der Waals surface area contributed by atoms with E-state index in [0.29, 0.717) is 4.57 Å². The van der Waals surface area contributed by atoms with E-state index in [1.54, 1.807) is 0 Å². The molecule has 3 saturated heterocycles. The van der Waals surface area contributed by atoms with Crippen LogP contribution in [0.5, 0.6) is 0 Å². The predicted octanol–water partition coefficient (Wildman–Crippen LogP) is -3.62. The second-order valence-corrected chi connectivity index (χ2v) is 18.2. The number of phosphoric acid groups is 3. The predicted molar refractivity (Wildman–Crippen MR) is 202 cm³/mol. The first kappa shape index (κ1) is 46.8. The molecule has 31 nitrogen and oxygen atoms in total. The molecule has 2 unspecified atom stereocenters. The van der Waals surface area contributed by atoms with Crippen molar-refractivity contribution in [1.82, 2.24) is 38.6 Å². The van der Waals surface area contributed by atoms with E-state index in [2.05, 4.69) is 24.5 Å². The molecule has 13 atom stereocenters. The zero-order chi connectivity index (χ0) is 45.8. The summed E-state index contributed by atoms with van der Waals surface area (Å²) >= 11 is 0. The Hall–Kier alpha value is -4.20. The minimum atomic E-state index is -5.40. The van der Waals surface area contributed by atoms with E-state index < -0.39 is 134 Å². The standard InChI is InChI=1S/C29H39N10O21P3/c1-11-5-38(29(45)36-25(11)43)17-4-12(13(56-17)6-53-61(46,47)48)59-62(49,50)55-8-15-22(21(42)27(58-15)37-3-2-16(30)35-28(37)44)60-63(51,52)54-7-14-19(40)20(41)26(57-14)39-10-34-18-23(31)32-9-33-24(18)39/h2-3,5,9-10,12-15,17,19-22,26-27,40-42H,4,6-8H2,1H3,(H,49,50)(H,51,52)(H2,30,35,44)(H2,31,32,33)(H,36,43,45)(H2,46,47,48)/t12-,13+,14+,15+,17+,19+,20+,21+,22+,26+,27+/m0/s1. The van der Waals surface area contributed by atoms with Gasteiger partial charge in [-0.25, -0.2) is 38.2 Å². The van der Waals surface area contributed by atoms with Gasteiger partial charge in [0.25, 0.3) is 5.56 Å². The summed E-state index contributed by atoms with van der Waals surface area (Å²) < 4.78 is 83.4. The van der Waals surface area contributed by atoms with Gasteiger partial charge < -0.3 is 60.6 Å². The number of nitrogens with two attached hydrogens (primary N) is 2. The van der Waals surface area contributed by atoms with Gasteiger partial charge in [-0.1, -0.05) is 0 Å². The van der Waals surface area contributed by atoms with Gasteiger partial charge in [0.1, 0.15) is 72.7 Å². The van der Waals surface area contributed by atoms with Crippen LogP contribution in [0.1, 0.15) is 30.7 Å². The number of aromatic amines is 1. The first-order valence-corrected chi connectivity index (χ1v) is 22.6. The van der Waals surface area contributed by atoms with Crippen molar-refractivity contribution in [3.63, 3.8) is 0 Å². The zero-order valence-corrected chi connectivity index (χ0v) is 34.7. The third kappa shape index (κ3) is 10.4. The van der Waals surface area contributed by atoms with E-state index in [-0.39, 0.29) is 28.4 Å². The van der Waals surface area contributed by atoms with Crippen LogP contribution in [0.15, 0.2) is 45.5 Å². The van der Waals surface area contributed by atoms with Gasteiger partial charge in [0.05, 0.1) is 26.1 Å². The van der Waals surface area contributed by atoms with Crippen LogP contribution < -0.4 is 28.4 Å². The SMILES string of the molecule is Cc1cn([C@H]2C[C@H](OP(=O)(O)OC[C@H]3O[C@@H](n4ccc(N)nc4=O)[C@H](O)[C@@H]3OP(=O)(O)OC[C@H]3O[C@@H](n4cnc5c(N)ncnc54)[C@H](O)[C@@H]3O)[C@@H](COP(=O)(O)O)O2)c(=O)[nH]c1=O. The highest BCUT2D eigenvalue weighted by Crippen LogP contribution is 2.52. The van der Waals surface area contributed by atoms with Crippen molar-refractivity contribution in [3.8, 4) is 0 Å². The van der Waals surface area contributed by atoms with E-state index in [4.69, 9.17) is 43.8 Å². The lowest BCUT2D eigenvalue weighted by molar-refractivity contribution is -0.0632. The fraction of sp³-hybridized carbons (Fsp3) is 0.552. The Morgan fingerprint density at radius 3 is 2.16 bits per heavy atom. The molecule has 34 heteroatoms. The number of aliphatic hydroxyl groups excluding tert-OH is 3. The number of aryl methyl sites for hydroxylation is 1. The summed E-state index contributed by atoms with van der Waals surface area (Å²) in [6.07, 6.45) is -14.4. The van der Waals surface area contributed by atoms with Crippen LogP contribution in [0, 0.1) is 6.92 Å². The van der Waals surface area contributed by atoms with Gasteiger partial charge in [0.15, 0.2) is 23.9 Å². The molecule has 0 spiro atoms. The monoisotopic (exact) mass is 956 g/mol. The number of aromatic nitrogens is 8. The highest BCUT2D eigenvalue weighted by Gasteiger charge is 2.52. The second kappa shape index (κ2) is 18.0. The smallest absolute Gasteiger partial charge is 0.387 e. The van der Waals surface area contributed by atoms with Crippen molar-refractivity contribution in [1.29, 1.82) is 0 Å². The van der Waals surface area contributed by atoms with Crippen molar-refractivity contribution < 1.29 is 85.4 Å². The van der Waals surface area contributed by atoms with Crippen molar-refractivity contribution in [2.24, 2.45) is 0 Å². The molecule has 0 aliphatic carbocycles. The molecule has 0 aromatic carbocycles. The Morgan fingerprint density at radius 2 is 1.46 bits per heavy atom. The Balaban J connectivity index is 1.06. The van der Waals surface area contributed by atoms with E-state index in [1.165, 1.54) is 17.8 Å². The Morgan fingerprint density at radius 1 is 0.810 bits per heavy atom. The van der Waals surface area contributed by atoms with Gasteiger partial charge in [0, 0.05) is 24.4 Å². The van der Waals surface area contributed by atoms with Crippen LogP contribution in [0.3, 0.4) is 0 Å². The molecule has 346 valence electrons. The number of fused-ring (bicyclic) bond motifs is 1. The quantitative estimate of drug-likeness (QED) is 0.0485. The van der Waals surface area contributed by atoms with Crippen LogP contribution in [-0.2, 0) is 50.5 Å². The normalized spacial score (nSPS) is 30.8. The lowest BCUT2D eigenvalue weighted by atomic mass is 10.1. The van der Waals surface area contributed by atoms with Crippen molar-refractivity contribution in [2.45, 2.75) is 80.9 Å². The zero-order valence-electron chi connectivity index (χ0n) is 32.0. The van der Waals surface area contributed by atoms with E-state index in [0.717, 1.165) is 29.4 Å². The number of ether oxygens (including phenoxy) is 3. The molecule has 0 amide bonds. The third-order valence-corrected chi connectivity index (χ3v) is 12.3. The largest absolute Gasteiger partial charge is 0.472 e. The number of aliphatic hydroxyl groups is 3. The van der Waals surface area contributed by atoms with Crippen LogP contribution >= 0.6 is 23.5 Å². The molecule has 0 saturated carbocycles. The number of nitrogen functional groups attached to an aromatic ring is 2. The van der Waals surface area contributed by atoms with Crippen LogP contribution in [0.25, 0.3) is 11.2 Å². The van der Waals surface area contributed by atoms with Gasteiger partial charge in [-0.3, -0.25) is 46.1 Å². The molecule has 12 N–H and O–H groups in total. The highest BCUT2D eigenvalue weighted by atomic mass is 31.2. The number of phosphoric ester groups is 3. The molecule has 0 radical (unpaired) electrons. The second-order valence-electron chi connectivity index (χ2n) is 14.1. The Labute approximate surface area is 350 Å². The Kier molecular flexibility index (Phi) is 13.4. The number of imidazole rings is 1. The number of nitrogens with zero attached hydrogens (tertiary/aromatic N) is 7. The Bertz CT molecular complexity index is 2660. The summed E-state index contributed by atoms with van der Waals surface area (Å²) in [5.74, 6) is -0.218. The molecule has 4 aromatic rings. The average Bonchev–Trinajstić information content (AvgIpc) is 3.95. The molecular weight excluding hydrogens is 917 g/mol. The molecule has 0 bridgehead atoms. The summed E-state index contributed by atoms with van der Waals surface area (Å²) in [5, 5.41) is 32.8. The van der Waals surface area contributed by atoms with Gasteiger partial charge in [-0.15, -0.1) is 0 Å². The van der Waals surface area contributed by atoms with Crippen molar-refractivity contribution >= 4 is 46.3 Å². The summed E-state index contributed by atoms with van der Waals surface area (Å²) in [7, 11) is -15.9. The van der Waals surface area contributed by atoms with E-state index in [9.17, 15) is 63.0 Å². The average molecular weight is 957 g/mol. The number of rotatable bonds is 16. The lowest BCUT2D eigenvalue weighted by Crippen LogP contribution is -2.38. The first-order valence-electron chi connectivity index (χ1n) is 18.1. The molecule has 3 aliphatic heterocycles. The summed E-state index contributed by atoms with van der Waals surface area (Å²) in [5.41, 5.74) is 8.95. The highest BCUT2D eigenvalue weighted by molar-refractivity contribution is 7.47. The van der Waals surface area contributed by atoms with Crippen molar-refractivity contribution in [2.75, 3.05) is 31.3 Å². The van der Waals surface area contributed by atoms with Crippen LogP contribution in [0.2, 0.25) is 0 Å². The summed E-state index contributed by atoms with van der Waals surface area (Å²) in [6, 6.07) is 1.14. The third-order valence-electron chi connectivity index (χ3n) is 9.80. The number of hydrogen-bond acceptors (Lipinski definition) is 23. The molecule has 7 heterocycles. The first-order chi connectivity index (χ1) is 29.5. The molecule has 3 aliphatic rings. The molecule has 4 aromatic heterocycles. The number of nitrogens with one attached hydrogen (secondary N) is 1. The van der Waals surface area contributed by atoms with Gasteiger partial charge >= 0.3 is 34.8 Å². The van der Waals surface area contributed by atoms with Crippen LogP contribution in [0.4, 0.5) is 11.6 Å². The molecule has 7 rings (SSSR count). The summed E-state index contributed by atoms with van der Waals surface area (Å²) in [6.45, 7) is -1.63. The van der Waals surface area contributed by atoms with Gasteiger partial charge in [-0.05, 0) is 13.0 Å². The maximum Gasteiger partial charge on any atom is 0.472 e. The molecular formula is C29H39N10O21P3. The minimum absolute atomic E-state index is 0.00981. The van der Waals surface area contributed by atoms with Crippen LogP contribution in [-0.4, -0.2) is 142 Å². The maximum absolute atomic E-state index is 13.4. The minimum Gasteiger partial charge on any atom is -0.387 e. The van der Waals surface area contributed by atoms with E-state index in [1.807, 2.05) is 4.98 Å². The topological polar surface area (TPSA) is 452 Å². The summed E-state index contributed by atoms with van der Waals surface area (Å²) in [4.78, 5) is 94.9. The molecule has 3 fully saturated rings. The maximum atomic E-state index is 13.4. The van der Waals surface area contributed by atoms with Crippen molar-refractivity contribution in [3.05, 3.63) is 68.0 Å². The fourth-order valence-corrected chi connectivity index (χ4v) is 9.08. The van der Waals surface area contributed by atoms with Gasteiger partial charge in [0.2, 0.25) is 0 Å². The van der Waals surface area contributed by atoms with E-state index >= 15 is 0 Å². The fourth-order valence-electron chi connectivity index (χ4n) is 6.81.